The highest BCUT2D eigenvalue weighted by atomic mass is 16.7. The third kappa shape index (κ3) is 2.47. The number of rotatable bonds is 4. The number of hydrogen-bond acceptors (Lipinski definition) is 5. The Kier molecular flexibility index (Phi) is 3.64. The molecule has 30 heavy (non-hydrogen) atoms. The second kappa shape index (κ2) is 5.99. The minimum absolute atomic E-state index is 0.0695. The molecule has 5 fully saturated rings. The van der Waals surface area contributed by atoms with Gasteiger partial charge in [0.25, 0.3) is 5.91 Å². The van der Waals surface area contributed by atoms with Crippen LogP contribution in [0.15, 0.2) is 18.2 Å². The standard InChI is InChI=1S/C23H26N2O5/c1-22(16-2-3-17-18(7-16)30-12-29-17)20(27)25(21(28)24-22)11-19(26)23-8-13-4-14(9-23)6-15(5-13)10-23/h2-3,7,13-15H,4-6,8-12H2,1H3,(H,24,28)/t13?,14?,15?,22-,23?/m0/s1. The van der Waals surface area contributed by atoms with Gasteiger partial charge < -0.3 is 14.8 Å². The van der Waals surface area contributed by atoms with Gasteiger partial charge in [0, 0.05) is 5.41 Å². The molecule has 7 rings (SSSR count). The molecule has 1 N–H and O–H groups in total. The van der Waals surface area contributed by atoms with E-state index in [4.69, 9.17) is 9.47 Å². The van der Waals surface area contributed by atoms with E-state index in [0.717, 1.165) is 24.2 Å². The van der Waals surface area contributed by atoms with Gasteiger partial charge in [0.2, 0.25) is 6.79 Å². The predicted molar refractivity (Wildman–Crippen MR) is 106 cm³/mol. The molecule has 0 unspecified atom stereocenters. The van der Waals surface area contributed by atoms with Crippen LogP contribution in [0.2, 0.25) is 0 Å². The number of Topliss-reactive ketones (excluding diaryl/α,β-unsaturated/α-hetero) is 1. The maximum Gasteiger partial charge on any atom is 0.325 e. The number of amides is 3. The Morgan fingerprint density at radius 3 is 2.37 bits per heavy atom. The van der Waals surface area contributed by atoms with Crippen molar-refractivity contribution < 1.29 is 23.9 Å². The van der Waals surface area contributed by atoms with Crippen molar-refractivity contribution >= 4 is 17.7 Å². The zero-order valence-electron chi connectivity index (χ0n) is 17.1. The number of ketones is 1. The summed E-state index contributed by atoms with van der Waals surface area (Å²) in [7, 11) is 0. The summed E-state index contributed by atoms with van der Waals surface area (Å²) in [5.74, 6) is 2.78. The van der Waals surface area contributed by atoms with E-state index in [0.29, 0.717) is 34.8 Å². The molecule has 0 aromatic heterocycles. The van der Waals surface area contributed by atoms with E-state index in [2.05, 4.69) is 5.32 Å². The molecule has 4 saturated carbocycles. The monoisotopic (exact) mass is 410 g/mol. The van der Waals surface area contributed by atoms with E-state index in [1.807, 2.05) is 0 Å². The summed E-state index contributed by atoms with van der Waals surface area (Å²) in [6.45, 7) is 1.69. The topological polar surface area (TPSA) is 84.9 Å². The summed E-state index contributed by atoms with van der Waals surface area (Å²) in [6, 6.07) is 4.73. The van der Waals surface area contributed by atoms with Crippen LogP contribution in [0, 0.1) is 23.2 Å². The van der Waals surface area contributed by atoms with Crippen molar-refractivity contribution in [3.63, 3.8) is 0 Å². The molecule has 2 heterocycles. The largest absolute Gasteiger partial charge is 0.454 e. The summed E-state index contributed by atoms with van der Waals surface area (Å²) >= 11 is 0. The summed E-state index contributed by atoms with van der Waals surface area (Å²) in [5, 5.41) is 2.81. The average Bonchev–Trinajstić information content (AvgIpc) is 3.25. The van der Waals surface area contributed by atoms with Crippen molar-refractivity contribution in [2.24, 2.45) is 23.2 Å². The first-order chi connectivity index (χ1) is 14.4. The van der Waals surface area contributed by atoms with E-state index < -0.39 is 11.6 Å². The van der Waals surface area contributed by atoms with Gasteiger partial charge in [0.15, 0.2) is 17.3 Å². The minimum atomic E-state index is -1.22. The first-order valence-corrected chi connectivity index (χ1v) is 10.9. The number of fused-ring (bicyclic) bond motifs is 1. The SMILES string of the molecule is C[C@@]1(c2ccc3c(c2)OCO3)NC(=O)N(CC(=O)C23CC4CC(CC(C4)C2)C3)C1=O. The Balaban J connectivity index is 1.24. The highest BCUT2D eigenvalue weighted by Gasteiger charge is 2.56. The van der Waals surface area contributed by atoms with Crippen LogP contribution in [-0.4, -0.2) is 36.0 Å². The van der Waals surface area contributed by atoms with Crippen LogP contribution in [0.25, 0.3) is 0 Å². The van der Waals surface area contributed by atoms with Gasteiger partial charge in [-0.3, -0.25) is 14.5 Å². The van der Waals surface area contributed by atoms with Gasteiger partial charge >= 0.3 is 6.03 Å². The quantitative estimate of drug-likeness (QED) is 0.772. The van der Waals surface area contributed by atoms with Crippen molar-refractivity contribution in [2.75, 3.05) is 13.3 Å². The highest BCUT2D eigenvalue weighted by Crippen LogP contribution is 2.60. The van der Waals surface area contributed by atoms with Crippen LogP contribution in [0.5, 0.6) is 11.5 Å². The van der Waals surface area contributed by atoms with E-state index in [1.54, 1.807) is 25.1 Å². The van der Waals surface area contributed by atoms with Gasteiger partial charge in [-0.15, -0.1) is 0 Å². The lowest BCUT2D eigenvalue weighted by molar-refractivity contribution is -0.147. The van der Waals surface area contributed by atoms with Crippen LogP contribution in [-0.2, 0) is 15.1 Å². The molecule has 7 heteroatoms. The Hall–Kier alpha value is -2.57. The van der Waals surface area contributed by atoms with Crippen LogP contribution < -0.4 is 14.8 Å². The molecule has 0 radical (unpaired) electrons. The molecule has 7 nitrogen and oxygen atoms in total. The zero-order chi connectivity index (χ0) is 20.7. The number of nitrogens with zero attached hydrogens (tertiary/aromatic N) is 1. The summed E-state index contributed by atoms with van der Waals surface area (Å²) in [6.07, 6.45) is 6.54. The minimum Gasteiger partial charge on any atom is -0.454 e. The number of hydrogen-bond donors (Lipinski definition) is 1. The van der Waals surface area contributed by atoms with Crippen molar-refractivity contribution in [3.8, 4) is 11.5 Å². The van der Waals surface area contributed by atoms with Gasteiger partial charge in [0.1, 0.15) is 5.54 Å². The molecule has 2 aliphatic heterocycles. The van der Waals surface area contributed by atoms with Crippen molar-refractivity contribution in [1.82, 2.24) is 10.2 Å². The van der Waals surface area contributed by atoms with Gasteiger partial charge in [-0.25, -0.2) is 4.79 Å². The summed E-state index contributed by atoms with van der Waals surface area (Å²) in [4.78, 5) is 40.6. The number of benzene rings is 1. The maximum atomic E-state index is 13.4. The normalized spacial score (nSPS) is 38.3. The number of carbonyl (C=O) groups excluding carboxylic acids is 3. The third-order valence-corrected chi connectivity index (χ3v) is 8.16. The molecule has 4 aliphatic carbocycles. The number of carbonyl (C=O) groups is 3. The Bertz CT molecular complexity index is 937. The van der Waals surface area contributed by atoms with E-state index in [-0.39, 0.29) is 30.4 Å². The van der Waals surface area contributed by atoms with Crippen LogP contribution in [0.4, 0.5) is 4.79 Å². The smallest absolute Gasteiger partial charge is 0.325 e. The third-order valence-electron chi connectivity index (χ3n) is 8.16. The lowest BCUT2D eigenvalue weighted by atomic mass is 9.48. The second-order valence-electron chi connectivity index (χ2n) is 10.1. The zero-order valence-corrected chi connectivity index (χ0v) is 17.1. The first kappa shape index (κ1) is 18.2. The molecule has 0 spiro atoms. The van der Waals surface area contributed by atoms with Crippen LogP contribution >= 0.6 is 0 Å². The molecule has 4 bridgehead atoms. The molecule has 3 amide bonds. The molecule has 6 aliphatic rings. The number of imide groups is 1. The first-order valence-electron chi connectivity index (χ1n) is 10.9. The van der Waals surface area contributed by atoms with E-state index in [1.165, 1.54) is 19.3 Å². The molecular formula is C23H26N2O5. The fourth-order valence-corrected chi connectivity index (χ4v) is 7.01. The fraction of sp³-hybridized carbons (Fsp3) is 0.609. The Morgan fingerprint density at radius 2 is 1.70 bits per heavy atom. The van der Waals surface area contributed by atoms with Crippen LogP contribution in [0.3, 0.4) is 0 Å². The molecule has 1 atom stereocenters. The average molecular weight is 410 g/mol. The lowest BCUT2D eigenvalue weighted by Crippen LogP contribution is -2.53. The molecule has 158 valence electrons. The summed E-state index contributed by atoms with van der Waals surface area (Å²) < 4.78 is 10.8. The molecule has 1 saturated heterocycles. The van der Waals surface area contributed by atoms with Gasteiger partial charge in [-0.1, -0.05) is 6.07 Å². The number of nitrogens with one attached hydrogen (secondary N) is 1. The van der Waals surface area contributed by atoms with Gasteiger partial charge in [-0.2, -0.15) is 0 Å². The van der Waals surface area contributed by atoms with Crippen LogP contribution in [0.1, 0.15) is 51.0 Å². The van der Waals surface area contributed by atoms with E-state index in [9.17, 15) is 14.4 Å². The van der Waals surface area contributed by atoms with Crippen molar-refractivity contribution in [3.05, 3.63) is 23.8 Å². The molecule has 1 aromatic carbocycles. The summed E-state index contributed by atoms with van der Waals surface area (Å²) in [5.41, 5.74) is -0.929. The number of ether oxygens (including phenoxy) is 2. The van der Waals surface area contributed by atoms with Gasteiger partial charge in [0.05, 0.1) is 6.54 Å². The predicted octanol–water partition coefficient (Wildman–Crippen LogP) is 2.97. The molecule has 1 aromatic rings. The van der Waals surface area contributed by atoms with Crippen molar-refractivity contribution in [2.45, 2.75) is 51.0 Å². The van der Waals surface area contributed by atoms with Gasteiger partial charge in [-0.05, 0) is 80.9 Å². The molecular weight excluding hydrogens is 384 g/mol. The Morgan fingerprint density at radius 1 is 1.07 bits per heavy atom. The van der Waals surface area contributed by atoms with E-state index >= 15 is 0 Å². The maximum absolute atomic E-state index is 13.4. The number of urea groups is 1. The van der Waals surface area contributed by atoms with Crippen molar-refractivity contribution in [1.29, 1.82) is 0 Å². The highest BCUT2D eigenvalue weighted by molar-refractivity contribution is 6.09. The lowest BCUT2D eigenvalue weighted by Gasteiger charge is -2.56. The fourth-order valence-electron chi connectivity index (χ4n) is 7.01. The Labute approximate surface area is 175 Å². The second-order valence-corrected chi connectivity index (χ2v) is 10.1.